The molecule has 0 heterocycles. The number of carbonyl (C=O) groups is 1. The quantitative estimate of drug-likeness (QED) is 0.460. The fourth-order valence-corrected chi connectivity index (χ4v) is 2.60. The summed E-state index contributed by atoms with van der Waals surface area (Å²) in [6.07, 6.45) is 2.81. The summed E-state index contributed by atoms with van der Waals surface area (Å²) in [6, 6.07) is 13.4. The first-order chi connectivity index (χ1) is 13.6. The number of allylic oxidation sites excluding steroid dienone is 1. The van der Waals surface area contributed by atoms with Gasteiger partial charge in [0.25, 0.3) is 0 Å². The van der Waals surface area contributed by atoms with E-state index in [0.717, 1.165) is 16.9 Å². The fourth-order valence-electron chi connectivity index (χ4n) is 2.60. The van der Waals surface area contributed by atoms with Crippen LogP contribution in [0, 0.1) is 0 Å². The SMILES string of the molecule is CCOC(=CCCc1ccc(OCc2ccc(OC)cc2)c(OC)c1)C(=O)O. The predicted octanol–water partition coefficient (Wildman–Crippen LogP) is 4.22. The smallest absolute Gasteiger partial charge is 0.370 e. The minimum absolute atomic E-state index is 0.0195. The number of methoxy groups -OCH3 is 2. The van der Waals surface area contributed by atoms with E-state index in [1.807, 2.05) is 42.5 Å². The van der Waals surface area contributed by atoms with Crippen molar-refractivity contribution < 1.29 is 28.8 Å². The molecule has 0 aliphatic heterocycles. The van der Waals surface area contributed by atoms with Crippen LogP contribution >= 0.6 is 0 Å². The van der Waals surface area contributed by atoms with Gasteiger partial charge in [0.1, 0.15) is 12.4 Å². The van der Waals surface area contributed by atoms with E-state index in [-0.39, 0.29) is 5.76 Å². The number of aryl methyl sites for hydroxylation is 1. The van der Waals surface area contributed by atoms with E-state index >= 15 is 0 Å². The number of benzene rings is 2. The second-order valence-corrected chi connectivity index (χ2v) is 5.97. The molecule has 150 valence electrons. The lowest BCUT2D eigenvalue weighted by Crippen LogP contribution is -2.05. The van der Waals surface area contributed by atoms with Crippen molar-refractivity contribution in [3.05, 3.63) is 65.4 Å². The van der Waals surface area contributed by atoms with Gasteiger partial charge >= 0.3 is 5.97 Å². The Balaban J connectivity index is 1.98. The number of carboxylic acids is 1. The maximum Gasteiger partial charge on any atom is 0.370 e. The van der Waals surface area contributed by atoms with Crippen LogP contribution in [-0.2, 0) is 22.6 Å². The van der Waals surface area contributed by atoms with Crippen molar-refractivity contribution in [2.75, 3.05) is 20.8 Å². The van der Waals surface area contributed by atoms with E-state index in [2.05, 4.69) is 0 Å². The summed E-state index contributed by atoms with van der Waals surface area (Å²) < 4.78 is 21.6. The van der Waals surface area contributed by atoms with Crippen LogP contribution in [0.25, 0.3) is 0 Å². The minimum atomic E-state index is -1.05. The molecule has 0 spiro atoms. The Labute approximate surface area is 165 Å². The molecule has 28 heavy (non-hydrogen) atoms. The van der Waals surface area contributed by atoms with Gasteiger partial charge < -0.3 is 24.1 Å². The molecule has 6 nitrogen and oxygen atoms in total. The molecule has 6 heteroatoms. The number of carboxylic acid groups (broad SMARTS) is 1. The van der Waals surface area contributed by atoms with Crippen LogP contribution in [0.2, 0.25) is 0 Å². The summed E-state index contributed by atoms with van der Waals surface area (Å²) in [7, 11) is 3.23. The standard InChI is InChI=1S/C22H26O6/c1-4-27-20(22(23)24)7-5-6-16-10-13-19(21(14-16)26-3)28-15-17-8-11-18(25-2)12-9-17/h7-14H,4-6,15H2,1-3H3,(H,23,24). The van der Waals surface area contributed by atoms with E-state index in [9.17, 15) is 4.79 Å². The van der Waals surface area contributed by atoms with Crippen molar-refractivity contribution in [1.82, 2.24) is 0 Å². The van der Waals surface area contributed by atoms with Crippen LogP contribution in [0.5, 0.6) is 17.2 Å². The van der Waals surface area contributed by atoms with Gasteiger partial charge in [0.2, 0.25) is 0 Å². The van der Waals surface area contributed by atoms with E-state index in [1.54, 1.807) is 27.2 Å². The van der Waals surface area contributed by atoms with Gasteiger partial charge in [-0.3, -0.25) is 0 Å². The van der Waals surface area contributed by atoms with Gasteiger partial charge in [-0.25, -0.2) is 4.79 Å². The molecule has 0 aromatic heterocycles. The van der Waals surface area contributed by atoms with E-state index in [4.69, 9.17) is 24.1 Å². The molecule has 0 fully saturated rings. The number of rotatable bonds is 11. The third kappa shape index (κ3) is 6.23. The van der Waals surface area contributed by atoms with Gasteiger partial charge in [-0.15, -0.1) is 0 Å². The molecular formula is C22H26O6. The average molecular weight is 386 g/mol. The van der Waals surface area contributed by atoms with Crippen molar-refractivity contribution >= 4 is 5.97 Å². The number of hydrogen-bond donors (Lipinski definition) is 1. The summed E-state index contributed by atoms with van der Waals surface area (Å²) >= 11 is 0. The first-order valence-electron chi connectivity index (χ1n) is 9.06. The third-order valence-electron chi connectivity index (χ3n) is 4.05. The van der Waals surface area contributed by atoms with Gasteiger partial charge in [-0.1, -0.05) is 18.2 Å². The van der Waals surface area contributed by atoms with E-state index in [0.29, 0.717) is 37.6 Å². The number of aliphatic carboxylic acids is 1. The molecule has 0 bridgehead atoms. The van der Waals surface area contributed by atoms with Crippen LogP contribution in [-0.4, -0.2) is 31.9 Å². The average Bonchev–Trinajstić information content (AvgIpc) is 2.72. The second kappa shape index (κ2) is 10.9. The monoisotopic (exact) mass is 386 g/mol. The molecule has 0 saturated carbocycles. The topological polar surface area (TPSA) is 74.2 Å². The summed E-state index contributed by atoms with van der Waals surface area (Å²) in [5, 5.41) is 9.07. The zero-order chi connectivity index (χ0) is 20.4. The van der Waals surface area contributed by atoms with Crippen molar-refractivity contribution in [2.45, 2.75) is 26.4 Å². The third-order valence-corrected chi connectivity index (χ3v) is 4.05. The lowest BCUT2D eigenvalue weighted by molar-refractivity contribution is -0.136. The highest BCUT2D eigenvalue weighted by molar-refractivity contribution is 5.84. The highest BCUT2D eigenvalue weighted by atomic mass is 16.5. The Morgan fingerprint density at radius 2 is 1.71 bits per heavy atom. The molecule has 0 radical (unpaired) electrons. The van der Waals surface area contributed by atoms with Gasteiger partial charge in [0, 0.05) is 0 Å². The Kier molecular flexibility index (Phi) is 8.21. The van der Waals surface area contributed by atoms with Crippen LogP contribution < -0.4 is 14.2 Å². The Morgan fingerprint density at radius 3 is 2.32 bits per heavy atom. The molecule has 0 amide bonds. The highest BCUT2D eigenvalue weighted by Crippen LogP contribution is 2.29. The normalized spacial score (nSPS) is 11.0. The van der Waals surface area contributed by atoms with E-state index < -0.39 is 5.97 Å². The van der Waals surface area contributed by atoms with Crippen molar-refractivity contribution in [3.63, 3.8) is 0 Å². The van der Waals surface area contributed by atoms with Crippen molar-refractivity contribution in [1.29, 1.82) is 0 Å². The van der Waals surface area contributed by atoms with Crippen molar-refractivity contribution in [2.24, 2.45) is 0 Å². The Bertz CT molecular complexity index is 795. The zero-order valence-electron chi connectivity index (χ0n) is 16.4. The fraction of sp³-hybridized carbons (Fsp3) is 0.318. The van der Waals surface area contributed by atoms with Crippen LogP contribution in [0.15, 0.2) is 54.3 Å². The molecular weight excluding hydrogens is 360 g/mol. The molecule has 0 saturated heterocycles. The zero-order valence-corrected chi connectivity index (χ0v) is 16.4. The highest BCUT2D eigenvalue weighted by Gasteiger charge is 2.09. The lowest BCUT2D eigenvalue weighted by Gasteiger charge is -2.12. The number of ether oxygens (including phenoxy) is 4. The van der Waals surface area contributed by atoms with Gasteiger partial charge in [-0.05, 0) is 61.2 Å². The Hall–Kier alpha value is -3.15. The molecule has 1 N–H and O–H groups in total. The maximum absolute atomic E-state index is 11.1. The summed E-state index contributed by atoms with van der Waals surface area (Å²) in [5.41, 5.74) is 2.04. The summed E-state index contributed by atoms with van der Waals surface area (Å²) in [4.78, 5) is 11.1. The molecule has 0 unspecified atom stereocenters. The van der Waals surface area contributed by atoms with Crippen LogP contribution in [0.1, 0.15) is 24.5 Å². The van der Waals surface area contributed by atoms with E-state index in [1.165, 1.54) is 0 Å². The van der Waals surface area contributed by atoms with Gasteiger partial charge in [-0.2, -0.15) is 0 Å². The molecule has 2 aromatic carbocycles. The number of hydrogen-bond acceptors (Lipinski definition) is 5. The van der Waals surface area contributed by atoms with Gasteiger partial charge in [0.15, 0.2) is 17.3 Å². The lowest BCUT2D eigenvalue weighted by atomic mass is 10.1. The molecule has 0 atom stereocenters. The summed E-state index contributed by atoms with van der Waals surface area (Å²) in [5.74, 6) is 1.02. The molecule has 0 aliphatic carbocycles. The second-order valence-electron chi connectivity index (χ2n) is 5.97. The Morgan fingerprint density at radius 1 is 1.00 bits per heavy atom. The van der Waals surface area contributed by atoms with Crippen LogP contribution in [0.3, 0.4) is 0 Å². The van der Waals surface area contributed by atoms with Crippen LogP contribution in [0.4, 0.5) is 0 Å². The molecule has 0 aliphatic rings. The first kappa shape index (κ1) is 21.2. The molecule has 2 aromatic rings. The minimum Gasteiger partial charge on any atom is -0.497 e. The summed E-state index contributed by atoms with van der Waals surface area (Å²) in [6.45, 7) is 2.50. The maximum atomic E-state index is 11.1. The first-order valence-corrected chi connectivity index (χ1v) is 9.06. The molecule has 2 rings (SSSR count). The predicted molar refractivity (Wildman–Crippen MR) is 106 cm³/mol. The van der Waals surface area contributed by atoms with Crippen molar-refractivity contribution in [3.8, 4) is 17.2 Å². The van der Waals surface area contributed by atoms with Gasteiger partial charge in [0.05, 0.1) is 20.8 Å². The largest absolute Gasteiger partial charge is 0.497 e.